The van der Waals surface area contributed by atoms with Crippen LogP contribution < -0.4 is 9.73 Å². The molecule has 0 radical (unpaired) electrons. The van der Waals surface area contributed by atoms with Gasteiger partial charge in [0.15, 0.2) is 0 Å². The lowest BCUT2D eigenvalue weighted by Crippen LogP contribution is -2.39. The fourth-order valence-corrected chi connectivity index (χ4v) is 3.50. The number of carbonyl (C=O) groups excluding carboxylic acids is 1. The molecule has 6 nitrogen and oxygen atoms in total. The molecule has 0 aromatic heterocycles. The van der Waals surface area contributed by atoms with Gasteiger partial charge in [-0.15, -0.1) is 0 Å². The first-order valence-corrected chi connectivity index (χ1v) is 10.1. The number of nitrogens with zero attached hydrogens (tertiary/aromatic N) is 2. The maximum absolute atomic E-state index is 12.1. The van der Waals surface area contributed by atoms with E-state index in [2.05, 4.69) is 10.5 Å². The Morgan fingerprint density at radius 1 is 1.19 bits per heavy atom. The minimum Gasteiger partial charge on any atom is -0.271 e. The van der Waals surface area contributed by atoms with E-state index in [4.69, 9.17) is 23.2 Å². The smallest absolute Gasteiger partial charge is 0.260 e. The maximum atomic E-state index is 12.1. The van der Waals surface area contributed by atoms with Crippen LogP contribution in [0.2, 0.25) is 10.0 Å². The molecule has 0 fully saturated rings. The van der Waals surface area contributed by atoms with E-state index in [1.54, 1.807) is 36.4 Å². The highest BCUT2D eigenvalue weighted by molar-refractivity contribution is 7.92. The minimum absolute atomic E-state index is 0.382. The fourth-order valence-electron chi connectivity index (χ4n) is 2.15. The van der Waals surface area contributed by atoms with Crippen LogP contribution in [0.15, 0.2) is 47.6 Å². The van der Waals surface area contributed by atoms with E-state index in [9.17, 15) is 13.2 Å². The van der Waals surface area contributed by atoms with Gasteiger partial charge in [-0.2, -0.15) is 5.10 Å². The van der Waals surface area contributed by atoms with Gasteiger partial charge in [0.05, 0.1) is 28.2 Å². The summed E-state index contributed by atoms with van der Waals surface area (Å²) < 4.78 is 25.1. The standard InChI is InChI=1S/C17H17Cl2N3O3S/c1-12-5-3-6-13(9-12)22(26(2,24)25)11-17(23)21-20-10-14-15(18)7-4-8-16(14)19/h3-10H,11H2,1-2H3,(H,21,23)/b20-10+. The normalized spacial score (nSPS) is 11.5. The molecule has 2 rings (SSSR count). The lowest BCUT2D eigenvalue weighted by atomic mass is 10.2. The maximum Gasteiger partial charge on any atom is 0.260 e. The van der Waals surface area contributed by atoms with E-state index in [-0.39, 0.29) is 0 Å². The number of sulfonamides is 1. The van der Waals surface area contributed by atoms with Gasteiger partial charge in [0.25, 0.3) is 5.91 Å². The van der Waals surface area contributed by atoms with Crippen molar-refractivity contribution in [1.82, 2.24) is 5.43 Å². The molecule has 0 spiro atoms. The third-order valence-corrected chi connectivity index (χ3v) is 5.16. The number of anilines is 1. The highest BCUT2D eigenvalue weighted by Gasteiger charge is 2.20. The second-order valence-corrected chi connectivity index (χ2v) is 8.26. The summed E-state index contributed by atoms with van der Waals surface area (Å²) in [6, 6.07) is 11.8. The number of benzene rings is 2. The molecule has 2 aromatic carbocycles. The summed E-state index contributed by atoms with van der Waals surface area (Å²) in [4.78, 5) is 12.1. The van der Waals surface area contributed by atoms with Crippen LogP contribution >= 0.6 is 23.2 Å². The fraction of sp³-hybridized carbons (Fsp3) is 0.176. The Morgan fingerprint density at radius 3 is 2.38 bits per heavy atom. The molecule has 2 aromatic rings. The van der Waals surface area contributed by atoms with Crippen LogP contribution in [-0.2, 0) is 14.8 Å². The summed E-state index contributed by atoms with van der Waals surface area (Å²) in [5.41, 5.74) is 4.01. The number of rotatable bonds is 6. The largest absolute Gasteiger partial charge is 0.271 e. The molecule has 0 aliphatic carbocycles. The monoisotopic (exact) mass is 413 g/mol. The second-order valence-electron chi connectivity index (χ2n) is 5.54. The zero-order chi connectivity index (χ0) is 19.3. The molecular weight excluding hydrogens is 397 g/mol. The van der Waals surface area contributed by atoms with Crippen molar-refractivity contribution in [3.05, 3.63) is 63.6 Å². The van der Waals surface area contributed by atoms with Crippen molar-refractivity contribution in [3.8, 4) is 0 Å². The number of halogens is 2. The molecule has 0 atom stereocenters. The van der Waals surface area contributed by atoms with E-state index in [0.29, 0.717) is 21.3 Å². The average molecular weight is 414 g/mol. The highest BCUT2D eigenvalue weighted by atomic mass is 35.5. The van der Waals surface area contributed by atoms with Gasteiger partial charge in [0.2, 0.25) is 10.0 Å². The van der Waals surface area contributed by atoms with E-state index in [1.165, 1.54) is 6.21 Å². The number of hydrogen-bond donors (Lipinski definition) is 1. The van der Waals surface area contributed by atoms with Gasteiger partial charge in [0.1, 0.15) is 6.54 Å². The molecule has 0 saturated heterocycles. The van der Waals surface area contributed by atoms with Gasteiger partial charge < -0.3 is 0 Å². The zero-order valence-electron chi connectivity index (χ0n) is 14.1. The topological polar surface area (TPSA) is 78.8 Å². The molecule has 1 N–H and O–H groups in total. The van der Waals surface area contributed by atoms with Gasteiger partial charge in [-0.05, 0) is 36.8 Å². The number of hydrogen-bond acceptors (Lipinski definition) is 4. The predicted octanol–water partition coefficient (Wildman–Crippen LogP) is 3.22. The van der Waals surface area contributed by atoms with Gasteiger partial charge in [-0.25, -0.2) is 13.8 Å². The van der Waals surface area contributed by atoms with Crippen molar-refractivity contribution >= 4 is 51.0 Å². The van der Waals surface area contributed by atoms with Crippen LogP contribution in [0.3, 0.4) is 0 Å². The highest BCUT2D eigenvalue weighted by Crippen LogP contribution is 2.22. The van der Waals surface area contributed by atoms with Crippen molar-refractivity contribution in [2.24, 2.45) is 5.10 Å². The number of aryl methyl sites for hydroxylation is 1. The van der Waals surface area contributed by atoms with E-state index < -0.39 is 22.5 Å². The summed E-state index contributed by atoms with van der Waals surface area (Å²) in [6.07, 6.45) is 2.34. The number of amides is 1. The first-order chi connectivity index (χ1) is 12.2. The minimum atomic E-state index is -3.64. The SMILES string of the molecule is Cc1cccc(N(CC(=O)N/N=C/c2c(Cl)cccc2Cl)S(C)(=O)=O)c1. The quantitative estimate of drug-likeness (QED) is 0.583. The van der Waals surface area contributed by atoms with Gasteiger partial charge in [-0.1, -0.05) is 41.4 Å². The Morgan fingerprint density at radius 2 is 1.81 bits per heavy atom. The number of carbonyl (C=O) groups is 1. The van der Waals surface area contributed by atoms with Crippen LogP contribution in [0.5, 0.6) is 0 Å². The summed E-state index contributed by atoms with van der Waals surface area (Å²) in [5.74, 6) is -0.601. The molecule has 0 aliphatic rings. The van der Waals surface area contributed by atoms with Crippen molar-refractivity contribution in [1.29, 1.82) is 0 Å². The Bertz CT molecular complexity index is 926. The first-order valence-electron chi connectivity index (χ1n) is 7.49. The predicted molar refractivity (Wildman–Crippen MR) is 106 cm³/mol. The molecule has 0 aliphatic heterocycles. The lowest BCUT2D eigenvalue weighted by Gasteiger charge is -2.21. The third kappa shape index (κ3) is 5.45. The van der Waals surface area contributed by atoms with Crippen molar-refractivity contribution in [3.63, 3.8) is 0 Å². The van der Waals surface area contributed by atoms with Gasteiger partial charge in [-0.3, -0.25) is 9.10 Å². The molecule has 138 valence electrons. The van der Waals surface area contributed by atoms with Crippen LogP contribution in [0.25, 0.3) is 0 Å². The van der Waals surface area contributed by atoms with Crippen LogP contribution in [0.4, 0.5) is 5.69 Å². The molecule has 1 amide bonds. The van der Waals surface area contributed by atoms with Crippen molar-refractivity contribution in [2.75, 3.05) is 17.1 Å². The Balaban J connectivity index is 2.12. The second kappa shape index (κ2) is 8.53. The Labute approximate surface area is 162 Å². The molecule has 0 unspecified atom stereocenters. The summed E-state index contributed by atoms with van der Waals surface area (Å²) in [5, 5.41) is 4.56. The zero-order valence-corrected chi connectivity index (χ0v) is 16.4. The van der Waals surface area contributed by atoms with Crippen LogP contribution in [0.1, 0.15) is 11.1 Å². The van der Waals surface area contributed by atoms with E-state index >= 15 is 0 Å². The van der Waals surface area contributed by atoms with Crippen molar-refractivity contribution < 1.29 is 13.2 Å². The average Bonchev–Trinajstić information content (AvgIpc) is 2.54. The van der Waals surface area contributed by atoms with Crippen LogP contribution in [-0.4, -0.2) is 33.3 Å². The molecule has 0 saturated carbocycles. The van der Waals surface area contributed by atoms with E-state index in [1.807, 2.05) is 13.0 Å². The number of nitrogens with one attached hydrogen (secondary N) is 1. The van der Waals surface area contributed by atoms with Gasteiger partial charge >= 0.3 is 0 Å². The molecule has 0 heterocycles. The van der Waals surface area contributed by atoms with E-state index in [0.717, 1.165) is 16.1 Å². The first kappa shape index (κ1) is 20.2. The molecule has 9 heteroatoms. The molecule has 0 bridgehead atoms. The lowest BCUT2D eigenvalue weighted by molar-refractivity contribution is -0.119. The van der Waals surface area contributed by atoms with Gasteiger partial charge in [0, 0.05) is 5.56 Å². The molecule has 26 heavy (non-hydrogen) atoms. The van der Waals surface area contributed by atoms with Crippen LogP contribution in [0, 0.1) is 6.92 Å². The summed E-state index contributed by atoms with van der Waals surface area (Å²) >= 11 is 12.0. The number of hydrazone groups is 1. The summed E-state index contributed by atoms with van der Waals surface area (Å²) in [7, 11) is -3.64. The third-order valence-electron chi connectivity index (χ3n) is 3.36. The Hall–Kier alpha value is -2.09. The van der Waals surface area contributed by atoms with Crippen molar-refractivity contribution in [2.45, 2.75) is 6.92 Å². The summed E-state index contributed by atoms with van der Waals surface area (Å²) in [6.45, 7) is 1.43. The molecular formula is C17H17Cl2N3O3S. The Kier molecular flexibility index (Phi) is 6.63.